The molecule has 1 saturated heterocycles. The standard InChI is InChI=1S/C24H29N3O3/c1-5-6-11-26-12-14-27(15-13-26)22(28)20-16-18-9-7-8-10-19(18)17-21(20)25-23(29)30-24(2,3)4/h1,7-10,16-17H,6,11-15H2,2-4H3,(H,25,29). The van der Waals surface area contributed by atoms with Crippen LogP contribution in [-0.4, -0.2) is 60.1 Å². The molecular weight excluding hydrogens is 378 g/mol. The highest BCUT2D eigenvalue weighted by molar-refractivity contribution is 6.07. The van der Waals surface area contributed by atoms with E-state index < -0.39 is 11.7 Å². The first-order chi connectivity index (χ1) is 14.3. The molecule has 0 unspecified atom stereocenters. The molecule has 6 nitrogen and oxygen atoms in total. The molecule has 1 aliphatic heterocycles. The summed E-state index contributed by atoms with van der Waals surface area (Å²) >= 11 is 0. The zero-order chi connectivity index (χ0) is 21.7. The first-order valence-electron chi connectivity index (χ1n) is 10.2. The Morgan fingerprint density at radius 1 is 1.10 bits per heavy atom. The van der Waals surface area contributed by atoms with Gasteiger partial charge in [0.2, 0.25) is 0 Å². The molecule has 0 radical (unpaired) electrons. The van der Waals surface area contributed by atoms with Crippen LogP contribution in [0, 0.1) is 12.3 Å². The van der Waals surface area contributed by atoms with Crippen molar-refractivity contribution in [3.8, 4) is 12.3 Å². The second kappa shape index (κ2) is 9.19. The number of anilines is 1. The molecule has 6 heteroatoms. The number of carbonyl (C=O) groups is 2. The van der Waals surface area contributed by atoms with Crippen LogP contribution in [0.15, 0.2) is 36.4 Å². The Hall–Kier alpha value is -3.04. The molecule has 0 spiro atoms. The van der Waals surface area contributed by atoms with Gasteiger partial charge >= 0.3 is 6.09 Å². The van der Waals surface area contributed by atoms with Gasteiger partial charge in [0.05, 0.1) is 11.3 Å². The minimum atomic E-state index is -0.625. The normalized spacial score (nSPS) is 14.9. The Morgan fingerprint density at radius 2 is 1.73 bits per heavy atom. The van der Waals surface area contributed by atoms with E-state index in [4.69, 9.17) is 11.2 Å². The largest absolute Gasteiger partial charge is 0.444 e. The highest BCUT2D eigenvalue weighted by atomic mass is 16.6. The topological polar surface area (TPSA) is 61.9 Å². The summed E-state index contributed by atoms with van der Waals surface area (Å²) in [5.41, 5.74) is 0.305. The number of benzene rings is 2. The van der Waals surface area contributed by atoms with Gasteiger partial charge < -0.3 is 9.64 Å². The third-order valence-electron chi connectivity index (χ3n) is 4.98. The van der Waals surface area contributed by atoms with Crippen LogP contribution < -0.4 is 5.32 Å². The number of hydrogen-bond donors (Lipinski definition) is 1. The Bertz CT molecular complexity index is 964. The first kappa shape index (κ1) is 21.7. The third-order valence-corrected chi connectivity index (χ3v) is 4.98. The number of rotatable bonds is 4. The van der Waals surface area contributed by atoms with Crippen LogP contribution in [0.25, 0.3) is 10.8 Å². The Kier molecular flexibility index (Phi) is 6.63. The second-order valence-electron chi connectivity index (χ2n) is 8.46. The number of nitrogens with one attached hydrogen (secondary N) is 1. The van der Waals surface area contributed by atoms with E-state index in [2.05, 4.69) is 16.1 Å². The van der Waals surface area contributed by atoms with E-state index in [9.17, 15) is 9.59 Å². The van der Waals surface area contributed by atoms with Gasteiger partial charge in [-0.15, -0.1) is 12.3 Å². The maximum absolute atomic E-state index is 13.3. The summed E-state index contributed by atoms with van der Waals surface area (Å²) in [4.78, 5) is 29.8. The van der Waals surface area contributed by atoms with Crippen LogP contribution in [0.3, 0.4) is 0 Å². The number of terminal acetylenes is 1. The molecule has 1 aliphatic rings. The number of piperazine rings is 1. The lowest BCUT2D eigenvalue weighted by Gasteiger charge is -2.34. The summed E-state index contributed by atoms with van der Waals surface area (Å²) in [5, 5.41) is 4.67. The van der Waals surface area contributed by atoms with Gasteiger partial charge in [-0.05, 0) is 43.7 Å². The highest BCUT2D eigenvalue weighted by Gasteiger charge is 2.25. The second-order valence-corrected chi connectivity index (χ2v) is 8.46. The van der Waals surface area contributed by atoms with Crippen LogP contribution >= 0.6 is 0 Å². The lowest BCUT2D eigenvalue weighted by atomic mass is 10.0. The van der Waals surface area contributed by atoms with Crippen LogP contribution in [0.4, 0.5) is 10.5 Å². The molecule has 2 amide bonds. The first-order valence-corrected chi connectivity index (χ1v) is 10.2. The Morgan fingerprint density at radius 3 is 2.33 bits per heavy atom. The third kappa shape index (κ3) is 5.52. The van der Waals surface area contributed by atoms with Crippen LogP contribution in [0.5, 0.6) is 0 Å². The van der Waals surface area contributed by atoms with Crippen LogP contribution in [0.2, 0.25) is 0 Å². The van der Waals surface area contributed by atoms with Gasteiger partial charge in [-0.2, -0.15) is 0 Å². The van der Waals surface area contributed by atoms with Crippen LogP contribution in [0.1, 0.15) is 37.6 Å². The lowest BCUT2D eigenvalue weighted by Crippen LogP contribution is -2.49. The van der Waals surface area contributed by atoms with Crippen molar-refractivity contribution >= 4 is 28.5 Å². The van der Waals surface area contributed by atoms with Gasteiger partial charge in [0, 0.05) is 39.1 Å². The molecule has 1 heterocycles. The quantitative estimate of drug-likeness (QED) is 0.779. The van der Waals surface area contributed by atoms with Crippen molar-refractivity contribution in [2.24, 2.45) is 0 Å². The average molecular weight is 408 g/mol. The van der Waals surface area contributed by atoms with Crippen LogP contribution in [-0.2, 0) is 4.74 Å². The predicted molar refractivity (Wildman–Crippen MR) is 120 cm³/mol. The number of fused-ring (bicyclic) bond motifs is 1. The molecule has 0 aliphatic carbocycles. The molecule has 0 bridgehead atoms. The zero-order valence-corrected chi connectivity index (χ0v) is 17.9. The molecule has 3 rings (SSSR count). The van der Waals surface area contributed by atoms with Gasteiger partial charge in [-0.1, -0.05) is 24.3 Å². The monoisotopic (exact) mass is 407 g/mol. The molecule has 1 fully saturated rings. The number of ether oxygens (including phenoxy) is 1. The van der Waals surface area contributed by atoms with Gasteiger partial charge in [-0.25, -0.2) is 4.79 Å². The van der Waals surface area contributed by atoms with E-state index in [0.717, 1.165) is 30.4 Å². The van der Waals surface area contributed by atoms with Gasteiger partial charge in [0.25, 0.3) is 5.91 Å². The van der Waals surface area contributed by atoms with Crippen molar-refractivity contribution in [3.05, 3.63) is 42.0 Å². The fourth-order valence-electron chi connectivity index (χ4n) is 3.50. The maximum Gasteiger partial charge on any atom is 0.412 e. The summed E-state index contributed by atoms with van der Waals surface area (Å²) in [5.74, 6) is 2.57. The van der Waals surface area contributed by atoms with E-state index in [1.807, 2.05) is 41.3 Å². The fraction of sp³-hybridized carbons (Fsp3) is 0.417. The van der Waals surface area contributed by atoms with Crippen molar-refractivity contribution < 1.29 is 14.3 Å². The van der Waals surface area contributed by atoms with Crippen molar-refractivity contribution in [2.75, 3.05) is 38.0 Å². The summed E-state index contributed by atoms with van der Waals surface area (Å²) < 4.78 is 5.39. The van der Waals surface area contributed by atoms with E-state index in [1.54, 1.807) is 20.8 Å². The molecule has 1 N–H and O–H groups in total. The van der Waals surface area contributed by atoms with E-state index in [0.29, 0.717) is 30.8 Å². The Balaban J connectivity index is 1.83. The number of nitrogens with zero attached hydrogens (tertiary/aromatic N) is 2. The van der Waals surface area contributed by atoms with Gasteiger partial charge in [0.15, 0.2) is 0 Å². The zero-order valence-electron chi connectivity index (χ0n) is 17.9. The van der Waals surface area contributed by atoms with Crippen molar-refractivity contribution in [3.63, 3.8) is 0 Å². The summed E-state index contributed by atoms with van der Waals surface area (Å²) in [6.07, 6.45) is 5.48. The molecule has 0 saturated carbocycles. The van der Waals surface area contributed by atoms with E-state index >= 15 is 0 Å². The molecular formula is C24H29N3O3. The minimum absolute atomic E-state index is 0.0941. The van der Waals surface area contributed by atoms with E-state index in [1.165, 1.54) is 0 Å². The van der Waals surface area contributed by atoms with Crippen molar-refractivity contribution in [2.45, 2.75) is 32.8 Å². The van der Waals surface area contributed by atoms with Gasteiger partial charge in [-0.3, -0.25) is 15.0 Å². The van der Waals surface area contributed by atoms with Crippen molar-refractivity contribution in [1.29, 1.82) is 0 Å². The highest BCUT2D eigenvalue weighted by Crippen LogP contribution is 2.26. The molecule has 0 aromatic heterocycles. The minimum Gasteiger partial charge on any atom is -0.444 e. The summed E-state index contributed by atoms with van der Waals surface area (Å²) in [6, 6.07) is 11.4. The fourth-order valence-corrected chi connectivity index (χ4v) is 3.50. The molecule has 0 atom stereocenters. The smallest absolute Gasteiger partial charge is 0.412 e. The molecule has 158 valence electrons. The van der Waals surface area contributed by atoms with E-state index in [-0.39, 0.29) is 5.91 Å². The molecule has 2 aromatic carbocycles. The summed E-state index contributed by atoms with van der Waals surface area (Å²) in [6.45, 7) is 9.09. The molecule has 30 heavy (non-hydrogen) atoms. The number of amides is 2. The van der Waals surface area contributed by atoms with Gasteiger partial charge in [0.1, 0.15) is 5.60 Å². The number of carbonyl (C=O) groups excluding carboxylic acids is 2. The SMILES string of the molecule is C#CCCN1CCN(C(=O)c2cc3ccccc3cc2NC(=O)OC(C)(C)C)CC1. The average Bonchev–Trinajstić information content (AvgIpc) is 2.70. The summed E-state index contributed by atoms with van der Waals surface area (Å²) in [7, 11) is 0. The van der Waals surface area contributed by atoms with Crippen molar-refractivity contribution in [1.82, 2.24) is 9.80 Å². The Labute approximate surface area is 178 Å². The maximum atomic E-state index is 13.3. The predicted octanol–water partition coefficient (Wildman–Crippen LogP) is 3.97. The lowest BCUT2D eigenvalue weighted by molar-refractivity contribution is 0.0635. The number of hydrogen-bond acceptors (Lipinski definition) is 4. The molecule has 2 aromatic rings.